The smallest absolute Gasteiger partial charge is 0.00675 e. The fourth-order valence-electron chi connectivity index (χ4n) is 2.05. The van der Waals surface area contributed by atoms with Gasteiger partial charge in [-0.3, -0.25) is 0 Å². The minimum Gasteiger partial charge on any atom is -0.162 e. The van der Waals surface area contributed by atoms with Gasteiger partial charge in [0.15, 0.2) is 0 Å². The number of rotatable bonds is 16. The average Bonchev–Trinajstić information content (AvgIpc) is 2.43. The summed E-state index contributed by atoms with van der Waals surface area (Å²) >= 11 is 4.35. The zero-order valence-electron chi connectivity index (χ0n) is 13.4. The molecule has 0 heterocycles. The van der Waals surface area contributed by atoms with Gasteiger partial charge in [0, 0.05) is 0 Å². The highest BCUT2D eigenvalue weighted by Gasteiger charge is 1.94. The molecule has 0 nitrogen and oxygen atoms in total. The molecular formula is C17H36S2. The monoisotopic (exact) mass is 304 g/mol. The van der Waals surface area contributed by atoms with Gasteiger partial charge in [-0.25, -0.2) is 0 Å². The summed E-state index contributed by atoms with van der Waals surface area (Å²) in [4.78, 5) is 0. The summed E-state index contributed by atoms with van der Waals surface area (Å²) < 4.78 is 0. The maximum atomic E-state index is 2.29. The van der Waals surface area contributed by atoms with Crippen LogP contribution in [0.3, 0.4) is 0 Å². The van der Waals surface area contributed by atoms with Gasteiger partial charge in [-0.05, 0) is 48.7 Å². The Balaban J connectivity index is 2.88. The Bertz CT molecular complexity index is 132. The van der Waals surface area contributed by atoms with E-state index in [4.69, 9.17) is 0 Å². The van der Waals surface area contributed by atoms with Crippen LogP contribution in [0.1, 0.15) is 84.5 Å². The second-order valence-electron chi connectivity index (χ2n) is 5.41. The van der Waals surface area contributed by atoms with E-state index in [0.29, 0.717) is 0 Å². The quantitative estimate of drug-likeness (QED) is 0.288. The van der Waals surface area contributed by atoms with E-state index in [-0.39, 0.29) is 0 Å². The van der Waals surface area contributed by atoms with Crippen LogP contribution >= 0.6 is 23.5 Å². The zero-order chi connectivity index (χ0) is 14.0. The largest absolute Gasteiger partial charge is 0.162 e. The van der Waals surface area contributed by atoms with Crippen LogP contribution in [-0.2, 0) is 0 Å². The van der Waals surface area contributed by atoms with E-state index in [2.05, 4.69) is 37.4 Å². The fraction of sp³-hybridized carbons (Fsp3) is 1.00. The van der Waals surface area contributed by atoms with Crippen molar-refractivity contribution in [1.29, 1.82) is 0 Å². The van der Waals surface area contributed by atoms with Gasteiger partial charge in [0.25, 0.3) is 0 Å². The summed E-state index contributed by atoms with van der Waals surface area (Å²) in [5.74, 6) is 5.58. The molecule has 116 valence electrons. The van der Waals surface area contributed by atoms with Gasteiger partial charge in [-0.2, -0.15) is 23.5 Å². The third-order valence-electron chi connectivity index (χ3n) is 3.36. The molecule has 0 spiro atoms. The van der Waals surface area contributed by atoms with E-state index in [1.165, 1.54) is 93.6 Å². The molecule has 0 aliphatic carbocycles. The summed E-state index contributed by atoms with van der Waals surface area (Å²) in [5, 5.41) is 0. The van der Waals surface area contributed by atoms with E-state index in [1.54, 1.807) is 0 Å². The first-order valence-electron chi connectivity index (χ1n) is 8.57. The lowest BCUT2D eigenvalue weighted by molar-refractivity contribution is 0.705. The average molecular weight is 305 g/mol. The van der Waals surface area contributed by atoms with Crippen molar-refractivity contribution in [1.82, 2.24) is 0 Å². The molecule has 0 fully saturated rings. The SMILES string of the molecule is CCCCCCSCCCCCSCCCCCC. The lowest BCUT2D eigenvalue weighted by atomic mass is 10.2. The van der Waals surface area contributed by atoms with Crippen molar-refractivity contribution in [3.8, 4) is 0 Å². The van der Waals surface area contributed by atoms with Crippen LogP contribution in [0.2, 0.25) is 0 Å². The van der Waals surface area contributed by atoms with E-state index in [1.807, 2.05) is 0 Å². The van der Waals surface area contributed by atoms with Crippen molar-refractivity contribution >= 4 is 23.5 Å². The molecule has 0 radical (unpaired) electrons. The highest BCUT2D eigenvalue weighted by Crippen LogP contribution is 2.13. The van der Waals surface area contributed by atoms with Gasteiger partial charge in [0.1, 0.15) is 0 Å². The highest BCUT2D eigenvalue weighted by atomic mass is 32.2. The first-order valence-corrected chi connectivity index (χ1v) is 10.9. The Morgan fingerprint density at radius 2 is 0.737 bits per heavy atom. The lowest BCUT2D eigenvalue weighted by Crippen LogP contribution is -1.88. The standard InChI is InChI=1S/C17H36S2/c1-3-5-7-10-14-18-16-12-9-13-17-19-15-11-8-6-4-2/h3-17H2,1-2H3. The molecule has 0 aromatic carbocycles. The number of thioether (sulfide) groups is 2. The van der Waals surface area contributed by atoms with Gasteiger partial charge in [-0.1, -0.05) is 58.8 Å². The van der Waals surface area contributed by atoms with Crippen LogP contribution < -0.4 is 0 Å². The molecule has 0 saturated carbocycles. The maximum absolute atomic E-state index is 2.29. The molecule has 19 heavy (non-hydrogen) atoms. The first-order chi connectivity index (χ1) is 9.41. The van der Waals surface area contributed by atoms with E-state index < -0.39 is 0 Å². The summed E-state index contributed by atoms with van der Waals surface area (Å²) in [6, 6.07) is 0. The summed E-state index contributed by atoms with van der Waals surface area (Å²) in [6.07, 6.45) is 15.7. The van der Waals surface area contributed by atoms with Gasteiger partial charge in [-0.15, -0.1) is 0 Å². The molecule has 0 aromatic rings. The predicted molar refractivity (Wildman–Crippen MR) is 96.8 cm³/mol. The van der Waals surface area contributed by atoms with Crippen LogP contribution in [0.5, 0.6) is 0 Å². The molecule has 0 unspecified atom stereocenters. The molecule has 0 saturated heterocycles. The van der Waals surface area contributed by atoms with Crippen LogP contribution in [0.25, 0.3) is 0 Å². The Morgan fingerprint density at radius 3 is 1.05 bits per heavy atom. The molecule has 0 rings (SSSR count). The van der Waals surface area contributed by atoms with Crippen LogP contribution in [0, 0.1) is 0 Å². The van der Waals surface area contributed by atoms with Crippen LogP contribution in [-0.4, -0.2) is 23.0 Å². The van der Waals surface area contributed by atoms with Crippen molar-refractivity contribution in [3.63, 3.8) is 0 Å². The van der Waals surface area contributed by atoms with E-state index >= 15 is 0 Å². The molecule has 0 bridgehead atoms. The molecule has 0 amide bonds. The fourth-order valence-corrected chi connectivity index (χ4v) is 4.09. The van der Waals surface area contributed by atoms with Crippen molar-refractivity contribution < 1.29 is 0 Å². The second-order valence-corrected chi connectivity index (χ2v) is 7.86. The van der Waals surface area contributed by atoms with Crippen molar-refractivity contribution in [3.05, 3.63) is 0 Å². The summed E-state index contributed by atoms with van der Waals surface area (Å²) in [6.45, 7) is 4.57. The molecule has 2 heteroatoms. The minimum absolute atomic E-state index is 1.36. The molecule has 0 N–H and O–H groups in total. The predicted octanol–water partition coefficient (Wildman–Crippen LogP) is 6.78. The van der Waals surface area contributed by atoms with Crippen molar-refractivity contribution in [2.45, 2.75) is 84.5 Å². The zero-order valence-corrected chi connectivity index (χ0v) is 15.1. The molecular weight excluding hydrogens is 268 g/mol. The Labute approximate surface area is 131 Å². The maximum Gasteiger partial charge on any atom is -0.00675 e. The molecule has 0 aliphatic rings. The summed E-state index contributed by atoms with van der Waals surface area (Å²) in [5.41, 5.74) is 0. The number of unbranched alkanes of at least 4 members (excludes halogenated alkanes) is 8. The number of hydrogen-bond donors (Lipinski definition) is 0. The molecule has 0 atom stereocenters. The molecule has 0 aromatic heterocycles. The third kappa shape index (κ3) is 18.7. The van der Waals surface area contributed by atoms with Gasteiger partial charge in [0.2, 0.25) is 0 Å². The Morgan fingerprint density at radius 1 is 0.421 bits per heavy atom. The van der Waals surface area contributed by atoms with Crippen LogP contribution in [0.4, 0.5) is 0 Å². The lowest BCUT2D eigenvalue weighted by Gasteiger charge is -2.03. The minimum atomic E-state index is 1.36. The van der Waals surface area contributed by atoms with Crippen molar-refractivity contribution in [2.75, 3.05) is 23.0 Å². The topological polar surface area (TPSA) is 0 Å². The summed E-state index contributed by atoms with van der Waals surface area (Å²) in [7, 11) is 0. The van der Waals surface area contributed by atoms with Crippen LogP contribution in [0.15, 0.2) is 0 Å². The molecule has 0 aliphatic heterocycles. The van der Waals surface area contributed by atoms with Crippen molar-refractivity contribution in [2.24, 2.45) is 0 Å². The third-order valence-corrected chi connectivity index (χ3v) is 5.67. The van der Waals surface area contributed by atoms with Gasteiger partial charge >= 0.3 is 0 Å². The number of hydrogen-bond acceptors (Lipinski definition) is 2. The van der Waals surface area contributed by atoms with E-state index in [0.717, 1.165) is 0 Å². The second kappa shape index (κ2) is 18.7. The Hall–Kier alpha value is 0.700. The van der Waals surface area contributed by atoms with E-state index in [9.17, 15) is 0 Å². The Kier molecular flexibility index (Phi) is 19.4. The van der Waals surface area contributed by atoms with Gasteiger partial charge in [0.05, 0.1) is 0 Å². The van der Waals surface area contributed by atoms with Gasteiger partial charge < -0.3 is 0 Å². The first kappa shape index (κ1) is 19.7. The highest BCUT2D eigenvalue weighted by molar-refractivity contribution is 7.99. The normalized spacial score (nSPS) is 11.1.